The van der Waals surface area contributed by atoms with Gasteiger partial charge in [-0.05, 0) is 23.6 Å². The summed E-state index contributed by atoms with van der Waals surface area (Å²) in [6.45, 7) is 4.76. The van der Waals surface area contributed by atoms with E-state index in [0.717, 1.165) is 16.9 Å². The van der Waals surface area contributed by atoms with E-state index in [2.05, 4.69) is 5.32 Å². The van der Waals surface area contributed by atoms with E-state index in [0.29, 0.717) is 18.7 Å². The number of carbonyl (C=O) groups is 2. The highest BCUT2D eigenvalue weighted by Crippen LogP contribution is 2.27. The van der Waals surface area contributed by atoms with E-state index < -0.39 is 6.04 Å². The zero-order valence-electron chi connectivity index (χ0n) is 15.4. The van der Waals surface area contributed by atoms with Gasteiger partial charge >= 0.3 is 0 Å². The molecule has 1 heterocycles. The summed E-state index contributed by atoms with van der Waals surface area (Å²) in [7, 11) is 1.61. The van der Waals surface area contributed by atoms with Crippen LogP contribution in [0, 0.1) is 5.92 Å². The Morgan fingerprint density at radius 2 is 1.85 bits per heavy atom. The Balaban J connectivity index is 1.74. The second-order valence-electron chi connectivity index (χ2n) is 6.81. The average Bonchev–Trinajstić information content (AvgIpc) is 2.97. The molecule has 0 bridgehead atoms. The van der Waals surface area contributed by atoms with Crippen molar-refractivity contribution in [1.82, 2.24) is 10.2 Å². The van der Waals surface area contributed by atoms with E-state index in [-0.39, 0.29) is 17.7 Å². The van der Waals surface area contributed by atoms with Crippen LogP contribution < -0.4 is 10.1 Å². The van der Waals surface area contributed by atoms with Crippen LogP contribution in [-0.4, -0.2) is 29.9 Å². The molecule has 2 amide bonds. The highest BCUT2D eigenvalue weighted by Gasteiger charge is 2.37. The highest BCUT2D eigenvalue weighted by molar-refractivity contribution is 6.01. The second kappa shape index (κ2) is 7.60. The molecule has 0 saturated carbocycles. The van der Waals surface area contributed by atoms with Gasteiger partial charge < -0.3 is 15.0 Å². The number of methoxy groups -OCH3 is 1. The van der Waals surface area contributed by atoms with E-state index in [1.165, 1.54) is 0 Å². The van der Waals surface area contributed by atoms with Gasteiger partial charge in [-0.15, -0.1) is 0 Å². The summed E-state index contributed by atoms with van der Waals surface area (Å²) >= 11 is 0. The third-order valence-corrected chi connectivity index (χ3v) is 4.73. The number of hydrogen-bond acceptors (Lipinski definition) is 3. The van der Waals surface area contributed by atoms with Gasteiger partial charge in [0.25, 0.3) is 5.91 Å². The standard InChI is InChI=1S/C21H24N2O3/c1-14(2)19(23-13-16-9-4-6-10-17(16)21(23)25)20(24)22-12-15-8-5-7-11-18(15)26-3/h4-11,14,19H,12-13H2,1-3H3,(H,22,24). The van der Waals surface area contributed by atoms with Gasteiger partial charge in [0.15, 0.2) is 0 Å². The minimum absolute atomic E-state index is 0.00549. The Morgan fingerprint density at radius 1 is 1.15 bits per heavy atom. The number of fused-ring (bicyclic) bond motifs is 1. The molecule has 5 nitrogen and oxygen atoms in total. The quantitative estimate of drug-likeness (QED) is 0.869. The van der Waals surface area contributed by atoms with Crippen LogP contribution in [0.15, 0.2) is 48.5 Å². The van der Waals surface area contributed by atoms with Crippen LogP contribution >= 0.6 is 0 Å². The summed E-state index contributed by atoms with van der Waals surface area (Å²) in [6, 6.07) is 14.6. The molecule has 1 aliphatic rings. The largest absolute Gasteiger partial charge is 0.496 e. The van der Waals surface area contributed by atoms with Gasteiger partial charge in [-0.3, -0.25) is 9.59 Å². The monoisotopic (exact) mass is 352 g/mol. The summed E-state index contributed by atoms with van der Waals surface area (Å²) in [5.74, 6) is 0.517. The van der Waals surface area contributed by atoms with Crippen molar-refractivity contribution in [2.45, 2.75) is 33.0 Å². The molecule has 0 radical (unpaired) electrons. The van der Waals surface area contributed by atoms with Crippen LogP contribution in [0.2, 0.25) is 0 Å². The van der Waals surface area contributed by atoms with Crippen LogP contribution in [0.25, 0.3) is 0 Å². The molecular weight excluding hydrogens is 328 g/mol. The lowest BCUT2D eigenvalue weighted by Crippen LogP contribution is -2.49. The summed E-state index contributed by atoms with van der Waals surface area (Å²) in [6.07, 6.45) is 0. The van der Waals surface area contributed by atoms with Gasteiger partial charge in [0, 0.05) is 24.2 Å². The number of para-hydroxylation sites is 1. The zero-order valence-corrected chi connectivity index (χ0v) is 15.4. The first-order chi connectivity index (χ1) is 12.5. The van der Waals surface area contributed by atoms with Gasteiger partial charge in [-0.2, -0.15) is 0 Å². The normalized spacial score (nSPS) is 14.3. The van der Waals surface area contributed by atoms with Gasteiger partial charge in [-0.1, -0.05) is 50.2 Å². The number of rotatable bonds is 6. The predicted octanol–water partition coefficient (Wildman–Crippen LogP) is 2.99. The molecule has 2 aromatic carbocycles. The molecule has 1 atom stereocenters. The first-order valence-corrected chi connectivity index (χ1v) is 8.81. The van der Waals surface area contributed by atoms with Crippen molar-refractivity contribution in [3.05, 3.63) is 65.2 Å². The lowest BCUT2D eigenvalue weighted by Gasteiger charge is -2.30. The van der Waals surface area contributed by atoms with E-state index in [4.69, 9.17) is 4.74 Å². The Bertz CT molecular complexity index is 816. The summed E-state index contributed by atoms with van der Waals surface area (Å²) in [5.41, 5.74) is 2.57. The molecule has 3 rings (SSSR count). The van der Waals surface area contributed by atoms with Crippen LogP contribution in [0.5, 0.6) is 5.75 Å². The molecule has 2 aromatic rings. The maximum atomic E-state index is 12.9. The SMILES string of the molecule is COc1ccccc1CNC(=O)C(C(C)C)N1Cc2ccccc2C1=O. The maximum absolute atomic E-state index is 12.9. The van der Waals surface area contributed by atoms with Gasteiger partial charge in [0.2, 0.25) is 5.91 Å². The van der Waals surface area contributed by atoms with Crippen molar-refractivity contribution < 1.29 is 14.3 Å². The summed E-state index contributed by atoms with van der Waals surface area (Å²) in [5, 5.41) is 2.97. The Kier molecular flexibility index (Phi) is 5.26. The van der Waals surface area contributed by atoms with Gasteiger partial charge in [-0.25, -0.2) is 0 Å². The lowest BCUT2D eigenvalue weighted by atomic mass is 10.0. The number of ether oxygens (including phenoxy) is 1. The number of benzene rings is 2. The number of nitrogens with zero attached hydrogens (tertiary/aromatic N) is 1. The van der Waals surface area contributed by atoms with Crippen molar-refractivity contribution in [3.8, 4) is 5.75 Å². The number of carbonyl (C=O) groups excluding carboxylic acids is 2. The summed E-state index contributed by atoms with van der Waals surface area (Å²) in [4.78, 5) is 27.3. The minimum Gasteiger partial charge on any atom is -0.496 e. The van der Waals surface area contributed by atoms with Gasteiger partial charge in [0.1, 0.15) is 11.8 Å². The molecule has 26 heavy (non-hydrogen) atoms. The van der Waals surface area contributed by atoms with Crippen LogP contribution in [0.3, 0.4) is 0 Å². The minimum atomic E-state index is -0.510. The molecule has 5 heteroatoms. The number of hydrogen-bond donors (Lipinski definition) is 1. The molecule has 1 unspecified atom stereocenters. The fourth-order valence-electron chi connectivity index (χ4n) is 3.44. The van der Waals surface area contributed by atoms with Crippen molar-refractivity contribution in [2.24, 2.45) is 5.92 Å². The molecule has 0 aromatic heterocycles. The number of nitrogens with one attached hydrogen (secondary N) is 1. The molecule has 0 saturated heterocycles. The van der Waals surface area contributed by atoms with Gasteiger partial charge in [0.05, 0.1) is 7.11 Å². The van der Waals surface area contributed by atoms with Crippen molar-refractivity contribution in [2.75, 3.05) is 7.11 Å². The van der Waals surface area contributed by atoms with Crippen molar-refractivity contribution >= 4 is 11.8 Å². The fraction of sp³-hybridized carbons (Fsp3) is 0.333. The third-order valence-electron chi connectivity index (χ3n) is 4.73. The van der Waals surface area contributed by atoms with Crippen molar-refractivity contribution in [3.63, 3.8) is 0 Å². The lowest BCUT2D eigenvalue weighted by molar-refractivity contribution is -0.127. The fourth-order valence-corrected chi connectivity index (χ4v) is 3.44. The highest BCUT2D eigenvalue weighted by atomic mass is 16.5. The van der Waals surface area contributed by atoms with Crippen molar-refractivity contribution in [1.29, 1.82) is 0 Å². The Morgan fingerprint density at radius 3 is 2.54 bits per heavy atom. The predicted molar refractivity (Wildman–Crippen MR) is 99.8 cm³/mol. The second-order valence-corrected chi connectivity index (χ2v) is 6.81. The first-order valence-electron chi connectivity index (χ1n) is 8.81. The maximum Gasteiger partial charge on any atom is 0.255 e. The van der Waals surface area contributed by atoms with E-state index in [9.17, 15) is 9.59 Å². The van der Waals surface area contributed by atoms with E-state index >= 15 is 0 Å². The molecular formula is C21H24N2O3. The van der Waals surface area contributed by atoms with E-state index in [1.807, 2.05) is 62.4 Å². The van der Waals surface area contributed by atoms with Crippen LogP contribution in [0.1, 0.15) is 35.3 Å². The smallest absolute Gasteiger partial charge is 0.255 e. The molecule has 0 spiro atoms. The zero-order chi connectivity index (χ0) is 18.7. The molecule has 1 N–H and O–H groups in total. The topological polar surface area (TPSA) is 58.6 Å². The van der Waals surface area contributed by atoms with E-state index in [1.54, 1.807) is 12.0 Å². The molecule has 0 fully saturated rings. The average molecular weight is 352 g/mol. The summed E-state index contributed by atoms with van der Waals surface area (Å²) < 4.78 is 5.33. The molecule has 0 aliphatic carbocycles. The first kappa shape index (κ1) is 18.0. The Hall–Kier alpha value is -2.82. The third kappa shape index (κ3) is 3.43. The van der Waals surface area contributed by atoms with Crippen LogP contribution in [0.4, 0.5) is 0 Å². The van der Waals surface area contributed by atoms with Crippen LogP contribution in [-0.2, 0) is 17.9 Å². The molecule has 1 aliphatic heterocycles. The number of amides is 2. The Labute approximate surface area is 154 Å². The molecule has 136 valence electrons.